The Morgan fingerprint density at radius 1 is 1.36 bits per heavy atom. The van der Waals surface area contributed by atoms with E-state index in [0.29, 0.717) is 0 Å². The fourth-order valence-corrected chi connectivity index (χ4v) is 1.18. The van der Waals surface area contributed by atoms with E-state index in [0.717, 1.165) is 11.2 Å². The molecule has 0 saturated heterocycles. The Bertz CT molecular complexity index is 389. The molecule has 0 bridgehead atoms. The normalized spacial score (nSPS) is 10.7. The Morgan fingerprint density at radius 3 is 2.91 bits per heavy atom. The van der Waals surface area contributed by atoms with Gasteiger partial charge in [-0.25, -0.2) is 9.50 Å². The smallest absolute Gasteiger partial charge is 0.136 e. The van der Waals surface area contributed by atoms with Gasteiger partial charge in [-0.1, -0.05) is 0 Å². The van der Waals surface area contributed by atoms with E-state index in [4.69, 9.17) is 0 Å². The summed E-state index contributed by atoms with van der Waals surface area (Å²) in [5.41, 5.74) is 3.33. The zero-order chi connectivity index (χ0) is 7.84. The summed E-state index contributed by atoms with van der Waals surface area (Å²) in [6, 6.07) is 2.08. The fourth-order valence-electron chi connectivity index (χ4n) is 1.18. The van der Waals surface area contributed by atoms with Crippen LogP contribution in [-0.4, -0.2) is 14.6 Å². The summed E-state index contributed by atoms with van der Waals surface area (Å²) >= 11 is 0. The second-order valence-corrected chi connectivity index (χ2v) is 2.69. The lowest BCUT2D eigenvalue weighted by Crippen LogP contribution is -1.92. The van der Waals surface area contributed by atoms with Crippen LogP contribution in [0.25, 0.3) is 5.52 Å². The molecule has 0 saturated carbocycles. The summed E-state index contributed by atoms with van der Waals surface area (Å²) in [7, 11) is 0. The van der Waals surface area contributed by atoms with Crippen LogP contribution < -0.4 is 0 Å². The molecule has 0 unspecified atom stereocenters. The van der Waals surface area contributed by atoms with Crippen molar-refractivity contribution in [3.63, 3.8) is 0 Å². The minimum absolute atomic E-state index is 1.02. The van der Waals surface area contributed by atoms with E-state index in [2.05, 4.69) is 16.1 Å². The molecular weight excluding hydrogens is 138 g/mol. The molecule has 0 aromatic carbocycles. The first-order valence-corrected chi connectivity index (χ1v) is 3.54. The van der Waals surface area contributed by atoms with Crippen LogP contribution in [0.3, 0.4) is 0 Å². The van der Waals surface area contributed by atoms with Crippen LogP contribution in [0.2, 0.25) is 0 Å². The molecule has 11 heavy (non-hydrogen) atoms. The van der Waals surface area contributed by atoms with Crippen molar-refractivity contribution in [1.29, 1.82) is 0 Å². The quantitative estimate of drug-likeness (QED) is 0.563. The lowest BCUT2D eigenvalue weighted by Gasteiger charge is -1.93. The molecule has 3 heteroatoms. The van der Waals surface area contributed by atoms with E-state index < -0.39 is 0 Å². The van der Waals surface area contributed by atoms with Gasteiger partial charge in [0.25, 0.3) is 0 Å². The summed E-state index contributed by atoms with van der Waals surface area (Å²) < 4.78 is 1.84. The molecule has 56 valence electrons. The fraction of sp³-hybridized carbons (Fsp3) is 0.250. The van der Waals surface area contributed by atoms with Crippen LogP contribution in [0.5, 0.6) is 0 Å². The van der Waals surface area contributed by atoms with Crippen LogP contribution in [0.1, 0.15) is 11.3 Å². The summed E-state index contributed by atoms with van der Waals surface area (Å²) in [5, 5.41) is 4.07. The Labute approximate surface area is 64.7 Å². The van der Waals surface area contributed by atoms with Gasteiger partial charge >= 0.3 is 0 Å². The molecule has 0 aliphatic heterocycles. The molecule has 2 aromatic heterocycles. The largest absolute Gasteiger partial charge is 0.238 e. The molecule has 2 aromatic rings. The molecular formula is C8H9N3. The molecule has 0 radical (unpaired) electrons. The van der Waals surface area contributed by atoms with Gasteiger partial charge in [0.2, 0.25) is 0 Å². The standard InChI is InChI=1S/C8H9N3/c1-6-3-8-7(2)9-5-10-11(8)4-6/h3-5H,1-2H3. The highest BCUT2D eigenvalue weighted by Crippen LogP contribution is 2.08. The highest BCUT2D eigenvalue weighted by Gasteiger charge is 1.98. The predicted molar refractivity (Wildman–Crippen MR) is 42.5 cm³/mol. The Kier molecular flexibility index (Phi) is 1.18. The highest BCUT2D eigenvalue weighted by atomic mass is 15.2. The van der Waals surface area contributed by atoms with E-state index in [9.17, 15) is 0 Å². The average molecular weight is 147 g/mol. The first-order chi connectivity index (χ1) is 5.27. The number of rotatable bonds is 0. The summed E-state index contributed by atoms with van der Waals surface area (Å²) in [5.74, 6) is 0. The van der Waals surface area contributed by atoms with Crippen molar-refractivity contribution in [2.75, 3.05) is 0 Å². The van der Waals surface area contributed by atoms with Gasteiger partial charge in [-0.15, -0.1) is 0 Å². The number of hydrogen-bond acceptors (Lipinski definition) is 2. The van der Waals surface area contributed by atoms with E-state index in [1.165, 1.54) is 5.56 Å². The molecule has 0 aliphatic rings. The van der Waals surface area contributed by atoms with Crippen molar-refractivity contribution < 1.29 is 0 Å². The molecule has 0 aliphatic carbocycles. The maximum Gasteiger partial charge on any atom is 0.136 e. The van der Waals surface area contributed by atoms with E-state index in [1.54, 1.807) is 6.33 Å². The first kappa shape index (κ1) is 6.34. The lowest BCUT2D eigenvalue weighted by atomic mass is 10.3. The maximum absolute atomic E-state index is 4.09. The van der Waals surface area contributed by atoms with Gasteiger partial charge in [-0.05, 0) is 25.5 Å². The van der Waals surface area contributed by atoms with E-state index >= 15 is 0 Å². The zero-order valence-corrected chi connectivity index (χ0v) is 6.57. The Hall–Kier alpha value is -1.38. The van der Waals surface area contributed by atoms with Crippen molar-refractivity contribution in [2.24, 2.45) is 0 Å². The molecule has 2 heterocycles. The topological polar surface area (TPSA) is 30.2 Å². The van der Waals surface area contributed by atoms with Crippen molar-refractivity contribution >= 4 is 5.52 Å². The third kappa shape index (κ3) is 0.888. The monoisotopic (exact) mass is 147 g/mol. The highest BCUT2D eigenvalue weighted by molar-refractivity contribution is 5.52. The number of aromatic nitrogens is 3. The van der Waals surface area contributed by atoms with Gasteiger partial charge in [0.15, 0.2) is 0 Å². The summed E-state index contributed by atoms with van der Waals surface area (Å²) in [6.07, 6.45) is 3.56. The van der Waals surface area contributed by atoms with Crippen LogP contribution >= 0.6 is 0 Å². The number of nitrogens with zero attached hydrogens (tertiary/aromatic N) is 3. The van der Waals surface area contributed by atoms with Crippen molar-refractivity contribution in [1.82, 2.24) is 14.6 Å². The van der Waals surface area contributed by atoms with E-state index in [1.807, 2.05) is 24.6 Å². The van der Waals surface area contributed by atoms with Gasteiger partial charge in [0.05, 0.1) is 11.2 Å². The Morgan fingerprint density at radius 2 is 2.18 bits per heavy atom. The SMILES string of the molecule is Cc1cc2c(C)ncnn2c1. The summed E-state index contributed by atoms with van der Waals surface area (Å²) in [6.45, 7) is 4.03. The van der Waals surface area contributed by atoms with Crippen molar-refractivity contribution in [2.45, 2.75) is 13.8 Å². The molecule has 0 amide bonds. The second-order valence-electron chi connectivity index (χ2n) is 2.69. The van der Waals surface area contributed by atoms with Gasteiger partial charge in [-0.3, -0.25) is 0 Å². The molecule has 2 rings (SSSR count). The molecule has 0 atom stereocenters. The van der Waals surface area contributed by atoms with Crippen molar-refractivity contribution in [3.05, 3.63) is 29.8 Å². The van der Waals surface area contributed by atoms with Crippen molar-refractivity contribution in [3.8, 4) is 0 Å². The molecule has 0 N–H and O–H groups in total. The predicted octanol–water partition coefficient (Wildman–Crippen LogP) is 1.35. The van der Waals surface area contributed by atoms with Crippen LogP contribution in [0.15, 0.2) is 18.6 Å². The molecule has 0 spiro atoms. The minimum Gasteiger partial charge on any atom is -0.238 e. The molecule has 0 fully saturated rings. The Balaban J connectivity index is 2.90. The third-order valence-electron chi connectivity index (χ3n) is 1.74. The van der Waals surface area contributed by atoms with E-state index in [-0.39, 0.29) is 0 Å². The van der Waals surface area contributed by atoms with Crippen LogP contribution in [-0.2, 0) is 0 Å². The van der Waals surface area contributed by atoms with Gasteiger partial charge < -0.3 is 0 Å². The zero-order valence-electron chi connectivity index (χ0n) is 6.57. The number of fused-ring (bicyclic) bond motifs is 1. The lowest BCUT2D eigenvalue weighted by molar-refractivity contribution is 0.885. The minimum atomic E-state index is 1.02. The number of aryl methyl sites for hydroxylation is 2. The molecule has 3 nitrogen and oxygen atoms in total. The summed E-state index contributed by atoms with van der Waals surface area (Å²) in [4.78, 5) is 4.09. The number of hydrogen-bond donors (Lipinski definition) is 0. The van der Waals surface area contributed by atoms with Crippen LogP contribution in [0.4, 0.5) is 0 Å². The van der Waals surface area contributed by atoms with Gasteiger partial charge in [0.1, 0.15) is 6.33 Å². The van der Waals surface area contributed by atoms with Gasteiger partial charge in [-0.2, -0.15) is 5.10 Å². The third-order valence-corrected chi connectivity index (χ3v) is 1.74. The average Bonchev–Trinajstić information content (AvgIpc) is 2.31. The second kappa shape index (κ2) is 2.05. The van der Waals surface area contributed by atoms with Gasteiger partial charge in [0, 0.05) is 6.20 Å². The maximum atomic E-state index is 4.09. The first-order valence-electron chi connectivity index (χ1n) is 3.54. The van der Waals surface area contributed by atoms with Crippen LogP contribution in [0, 0.1) is 13.8 Å².